The van der Waals surface area contributed by atoms with Crippen molar-refractivity contribution in [2.45, 2.75) is 45.4 Å². The lowest BCUT2D eigenvalue weighted by Crippen LogP contribution is -2.33. The number of benzene rings is 1. The molecule has 3 rings (SSSR count). The zero-order chi connectivity index (χ0) is 18.7. The molecule has 0 radical (unpaired) electrons. The molecule has 0 bridgehead atoms. The highest BCUT2D eigenvalue weighted by Gasteiger charge is 2.27. The van der Waals surface area contributed by atoms with Gasteiger partial charge in [-0.2, -0.15) is 0 Å². The van der Waals surface area contributed by atoms with Crippen molar-refractivity contribution in [3.05, 3.63) is 33.6 Å². The average molecular weight is 411 g/mol. The summed E-state index contributed by atoms with van der Waals surface area (Å²) in [6.07, 6.45) is 7.02. The highest BCUT2D eigenvalue weighted by atomic mass is 35.5. The van der Waals surface area contributed by atoms with Crippen LogP contribution in [0.1, 0.15) is 45.4 Å². The van der Waals surface area contributed by atoms with Gasteiger partial charge in [0.25, 0.3) is 0 Å². The molecule has 0 saturated heterocycles. The highest BCUT2D eigenvalue weighted by Crippen LogP contribution is 2.35. The molecule has 26 heavy (non-hydrogen) atoms. The van der Waals surface area contributed by atoms with Crippen molar-refractivity contribution in [3.63, 3.8) is 0 Å². The Labute approximate surface area is 169 Å². The number of hydrogen-bond donors (Lipinski definition) is 0. The van der Waals surface area contributed by atoms with Crippen LogP contribution in [-0.2, 0) is 4.79 Å². The van der Waals surface area contributed by atoms with Gasteiger partial charge in [0.1, 0.15) is 0 Å². The van der Waals surface area contributed by atoms with Gasteiger partial charge in [-0.05, 0) is 37.0 Å². The lowest BCUT2D eigenvalue weighted by molar-refractivity contribution is -0.122. The molecule has 0 aliphatic heterocycles. The molecule has 1 atom stereocenters. The molecule has 2 aromatic rings. The lowest BCUT2D eigenvalue weighted by Gasteiger charge is -2.23. The maximum absolute atomic E-state index is 13.0. The number of rotatable bonds is 6. The third kappa shape index (κ3) is 4.41. The monoisotopic (exact) mass is 410 g/mol. The van der Waals surface area contributed by atoms with Gasteiger partial charge in [0, 0.05) is 28.9 Å². The minimum absolute atomic E-state index is 0.0743. The van der Waals surface area contributed by atoms with Crippen LogP contribution in [0.2, 0.25) is 10.0 Å². The summed E-state index contributed by atoms with van der Waals surface area (Å²) < 4.78 is 0. The molecule has 3 nitrogen and oxygen atoms in total. The third-order valence-corrected chi connectivity index (χ3v) is 6.73. The molecule has 1 aliphatic carbocycles. The first-order valence-electron chi connectivity index (χ1n) is 9.18. The molecule has 1 aromatic carbocycles. The van der Waals surface area contributed by atoms with Gasteiger partial charge in [0.15, 0.2) is 5.13 Å². The van der Waals surface area contributed by atoms with E-state index in [2.05, 4.69) is 11.9 Å². The molecule has 6 heteroatoms. The second-order valence-electron chi connectivity index (χ2n) is 7.03. The van der Waals surface area contributed by atoms with Crippen molar-refractivity contribution in [2.75, 3.05) is 11.9 Å². The predicted molar refractivity (Wildman–Crippen MR) is 111 cm³/mol. The highest BCUT2D eigenvalue weighted by molar-refractivity contribution is 7.14. The van der Waals surface area contributed by atoms with Crippen molar-refractivity contribution in [1.29, 1.82) is 0 Å². The van der Waals surface area contributed by atoms with E-state index >= 15 is 0 Å². The van der Waals surface area contributed by atoms with Crippen molar-refractivity contribution in [2.24, 2.45) is 11.8 Å². The zero-order valence-electron chi connectivity index (χ0n) is 15.2. The number of aromatic nitrogens is 1. The summed E-state index contributed by atoms with van der Waals surface area (Å²) >= 11 is 13.8. The van der Waals surface area contributed by atoms with E-state index in [-0.39, 0.29) is 11.8 Å². The Bertz CT molecular complexity index is 771. The average Bonchev–Trinajstić information content (AvgIpc) is 3.32. The molecule has 1 fully saturated rings. The van der Waals surface area contributed by atoms with Gasteiger partial charge < -0.3 is 0 Å². The Morgan fingerprint density at radius 2 is 2.08 bits per heavy atom. The van der Waals surface area contributed by atoms with Crippen LogP contribution in [-0.4, -0.2) is 17.9 Å². The van der Waals surface area contributed by atoms with E-state index < -0.39 is 0 Å². The topological polar surface area (TPSA) is 33.2 Å². The zero-order valence-corrected chi connectivity index (χ0v) is 17.5. The summed E-state index contributed by atoms with van der Waals surface area (Å²) in [6, 6.07) is 5.33. The third-order valence-electron chi connectivity index (χ3n) is 5.25. The van der Waals surface area contributed by atoms with Gasteiger partial charge in [0.2, 0.25) is 5.91 Å². The Morgan fingerprint density at radius 3 is 2.77 bits per heavy atom. The van der Waals surface area contributed by atoms with E-state index in [1.54, 1.807) is 23.1 Å². The molecule has 140 valence electrons. The van der Waals surface area contributed by atoms with Crippen molar-refractivity contribution in [1.82, 2.24) is 4.98 Å². The van der Waals surface area contributed by atoms with Crippen LogP contribution in [0.5, 0.6) is 0 Å². The number of thiazole rings is 1. The minimum atomic E-state index is 0.0743. The van der Waals surface area contributed by atoms with Crippen LogP contribution in [0.3, 0.4) is 0 Å². The van der Waals surface area contributed by atoms with E-state index in [1.807, 2.05) is 12.4 Å². The first kappa shape index (κ1) is 19.7. The minimum Gasteiger partial charge on any atom is -0.291 e. The summed E-state index contributed by atoms with van der Waals surface area (Å²) in [5.41, 5.74) is 1.54. The molecule has 0 unspecified atom stereocenters. The second kappa shape index (κ2) is 8.73. The molecular formula is C20H24Cl2N2OS. The SMILES string of the molecule is CC[C@H](CC1CCCC1)C(=O)N(C)c1nc(-c2cc(Cl)ccc2Cl)cs1. The molecule has 1 aliphatic rings. The van der Waals surface area contributed by atoms with Crippen molar-refractivity contribution >= 4 is 45.6 Å². The summed E-state index contributed by atoms with van der Waals surface area (Å²) in [5, 5.41) is 3.85. The first-order chi connectivity index (χ1) is 12.5. The molecule has 1 saturated carbocycles. The van der Waals surface area contributed by atoms with Gasteiger partial charge in [0.05, 0.1) is 10.7 Å². The molecule has 0 N–H and O–H groups in total. The van der Waals surface area contributed by atoms with E-state index in [0.717, 1.165) is 24.1 Å². The molecule has 1 aromatic heterocycles. The van der Waals surface area contributed by atoms with Crippen LogP contribution in [0.15, 0.2) is 23.6 Å². The maximum Gasteiger partial charge on any atom is 0.231 e. The Kier molecular flexibility index (Phi) is 6.60. The normalized spacial score (nSPS) is 16.0. The number of amides is 1. The second-order valence-corrected chi connectivity index (χ2v) is 8.71. The fourth-order valence-electron chi connectivity index (χ4n) is 3.69. The van der Waals surface area contributed by atoms with Crippen molar-refractivity contribution < 1.29 is 4.79 Å². The molecule has 1 amide bonds. The number of hydrogen-bond acceptors (Lipinski definition) is 3. The maximum atomic E-state index is 13.0. The molecule has 0 spiro atoms. The van der Waals surface area contributed by atoms with E-state index in [1.165, 1.54) is 37.0 Å². The number of carbonyl (C=O) groups is 1. The summed E-state index contributed by atoms with van der Waals surface area (Å²) in [5.74, 6) is 0.942. The molecule has 1 heterocycles. The van der Waals surface area contributed by atoms with E-state index in [0.29, 0.717) is 21.1 Å². The number of carbonyl (C=O) groups excluding carboxylic acids is 1. The first-order valence-corrected chi connectivity index (χ1v) is 10.8. The van der Waals surface area contributed by atoms with Gasteiger partial charge in [-0.3, -0.25) is 9.69 Å². The van der Waals surface area contributed by atoms with Gasteiger partial charge in [-0.15, -0.1) is 11.3 Å². The van der Waals surface area contributed by atoms with Crippen LogP contribution in [0, 0.1) is 11.8 Å². The number of anilines is 1. The summed E-state index contributed by atoms with van der Waals surface area (Å²) in [6.45, 7) is 2.10. The van der Waals surface area contributed by atoms with Crippen LogP contribution in [0.4, 0.5) is 5.13 Å². The van der Waals surface area contributed by atoms with Gasteiger partial charge in [-0.1, -0.05) is 55.8 Å². The predicted octanol–water partition coefficient (Wildman–Crippen LogP) is 6.69. The van der Waals surface area contributed by atoms with E-state index in [4.69, 9.17) is 23.2 Å². The summed E-state index contributed by atoms with van der Waals surface area (Å²) in [4.78, 5) is 19.3. The smallest absolute Gasteiger partial charge is 0.231 e. The largest absolute Gasteiger partial charge is 0.291 e. The van der Waals surface area contributed by atoms with Crippen LogP contribution in [0.25, 0.3) is 11.3 Å². The van der Waals surface area contributed by atoms with E-state index in [9.17, 15) is 4.79 Å². The summed E-state index contributed by atoms with van der Waals surface area (Å²) in [7, 11) is 1.82. The quantitative estimate of drug-likeness (QED) is 0.531. The van der Waals surface area contributed by atoms with Crippen LogP contribution >= 0.6 is 34.5 Å². The molecular weight excluding hydrogens is 387 g/mol. The Hall–Kier alpha value is -1.10. The fraction of sp³-hybridized carbons (Fsp3) is 0.500. The van der Waals surface area contributed by atoms with Gasteiger partial charge >= 0.3 is 0 Å². The van der Waals surface area contributed by atoms with Gasteiger partial charge in [-0.25, -0.2) is 4.98 Å². The Morgan fingerprint density at radius 1 is 1.35 bits per heavy atom. The van der Waals surface area contributed by atoms with Crippen LogP contribution < -0.4 is 4.90 Å². The standard InChI is InChI=1S/C20H24Cl2N2OS/c1-3-14(10-13-6-4-5-7-13)19(25)24(2)20-23-18(12-26-20)16-11-15(21)8-9-17(16)22/h8-9,11-14H,3-7,10H2,1-2H3/t14-/m1/s1. The number of nitrogens with zero attached hydrogens (tertiary/aromatic N) is 2. The number of halogens is 2. The fourth-order valence-corrected chi connectivity index (χ4v) is 4.88. The Balaban J connectivity index is 1.74. The lowest BCUT2D eigenvalue weighted by atomic mass is 9.90. The van der Waals surface area contributed by atoms with Crippen molar-refractivity contribution in [3.8, 4) is 11.3 Å².